The molecule has 2 unspecified atom stereocenters. The highest BCUT2D eigenvalue weighted by Gasteiger charge is 2.32. The van der Waals surface area contributed by atoms with Crippen molar-refractivity contribution in [3.8, 4) is 0 Å². The number of nitrogens with two attached hydrogens (primary N) is 1. The summed E-state index contributed by atoms with van der Waals surface area (Å²) in [5, 5.41) is 0.529. The van der Waals surface area contributed by atoms with Crippen LogP contribution in [-0.2, 0) is 6.42 Å². The molecule has 0 radical (unpaired) electrons. The molecule has 104 valence electrons. The monoisotopic (exact) mass is 291 g/mol. The minimum absolute atomic E-state index is 0.470. The van der Waals surface area contributed by atoms with Gasteiger partial charge in [0.2, 0.25) is 0 Å². The summed E-state index contributed by atoms with van der Waals surface area (Å²) in [5.41, 5.74) is 11.0. The Morgan fingerprint density at radius 2 is 1.90 bits per heavy atom. The third kappa shape index (κ3) is 2.40. The van der Waals surface area contributed by atoms with E-state index in [9.17, 15) is 0 Å². The predicted molar refractivity (Wildman–Crippen MR) is 90.6 cm³/mol. The van der Waals surface area contributed by atoms with Crippen molar-refractivity contribution in [3.05, 3.63) is 83.5 Å². The fraction of sp³-hybridized carbons (Fsp3) is 0.158. The van der Waals surface area contributed by atoms with Gasteiger partial charge in [0.05, 0.1) is 0 Å². The third-order valence-electron chi connectivity index (χ3n) is 4.15. The zero-order valence-corrected chi connectivity index (χ0v) is 12.5. The average molecular weight is 291 g/mol. The second kappa shape index (κ2) is 5.12. The number of rotatable bonds is 2. The van der Waals surface area contributed by atoms with Crippen LogP contribution in [0.3, 0.4) is 0 Å². The van der Waals surface area contributed by atoms with Crippen molar-refractivity contribution in [3.63, 3.8) is 0 Å². The third-order valence-corrected chi connectivity index (χ3v) is 5.50. The summed E-state index contributed by atoms with van der Waals surface area (Å²) in [4.78, 5) is 1.38. The fourth-order valence-electron chi connectivity index (χ4n) is 3.13. The van der Waals surface area contributed by atoms with E-state index in [0.29, 0.717) is 11.2 Å². The van der Waals surface area contributed by atoms with E-state index in [4.69, 9.17) is 5.73 Å². The van der Waals surface area contributed by atoms with Crippen LogP contribution >= 0.6 is 11.8 Å². The number of benzene rings is 2. The maximum atomic E-state index is 5.96. The highest BCUT2D eigenvalue weighted by atomic mass is 32.2. The number of fused-ring (bicyclic) bond motifs is 3. The lowest BCUT2D eigenvalue weighted by molar-refractivity contribution is 0.862. The zero-order chi connectivity index (χ0) is 14.2. The average Bonchev–Trinajstić information content (AvgIpc) is 2.86. The number of hydrogen-bond donors (Lipinski definition) is 1. The Labute approximate surface area is 129 Å². The van der Waals surface area contributed by atoms with Gasteiger partial charge in [-0.15, -0.1) is 11.8 Å². The van der Waals surface area contributed by atoms with Gasteiger partial charge in [-0.05, 0) is 41.3 Å². The number of thioether (sulfide) groups is 1. The summed E-state index contributed by atoms with van der Waals surface area (Å²) in [6, 6.07) is 17.0. The lowest BCUT2D eigenvalue weighted by atomic mass is 9.87. The van der Waals surface area contributed by atoms with Crippen molar-refractivity contribution in [2.24, 2.45) is 0 Å². The summed E-state index contributed by atoms with van der Waals surface area (Å²) in [5.74, 6) is 0.470. The highest BCUT2D eigenvalue weighted by Crippen LogP contribution is 2.49. The summed E-state index contributed by atoms with van der Waals surface area (Å²) in [6.07, 6.45) is 8.07. The first kappa shape index (κ1) is 12.8. The van der Waals surface area contributed by atoms with Crippen LogP contribution in [0, 0.1) is 0 Å². The molecule has 2 heteroatoms. The molecule has 1 heterocycles. The standard InChI is InChI=1S/C19H17NS/c20-15-7-9-19-17(12-15)16-11-14(6-8-18(16)21-19)10-13-4-2-1-3-5-13/h1-9,11-12,16,18H,10,20H2. The molecule has 2 aromatic carbocycles. The van der Waals surface area contributed by atoms with Gasteiger partial charge in [0.15, 0.2) is 0 Å². The Morgan fingerprint density at radius 3 is 2.76 bits per heavy atom. The molecule has 0 bridgehead atoms. The molecule has 1 aliphatic heterocycles. The quantitative estimate of drug-likeness (QED) is 0.820. The minimum Gasteiger partial charge on any atom is -0.399 e. The first-order valence-electron chi connectivity index (χ1n) is 7.28. The van der Waals surface area contributed by atoms with E-state index in [2.05, 4.69) is 60.7 Å². The summed E-state index contributed by atoms with van der Waals surface area (Å²) >= 11 is 1.95. The van der Waals surface area contributed by atoms with Gasteiger partial charge in [-0.1, -0.05) is 48.6 Å². The van der Waals surface area contributed by atoms with Crippen molar-refractivity contribution < 1.29 is 0 Å². The lowest BCUT2D eigenvalue weighted by Crippen LogP contribution is -2.10. The van der Waals surface area contributed by atoms with Crippen LogP contribution in [0.2, 0.25) is 0 Å². The van der Waals surface area contributed by atoms with E-state index >= 15 is 0 Å². The SMILES string of the molecule is Nc1ccc2c(c1)C1C=C(Cc3ccccc3)C=CC1S2. The molecule has 2 N–H and O–H groups in total. The van der Waals surface area contributed by atoms with Gasteiger partial charge in [-0.2, -0.15) is 0 Å². The molecule has 0 amide bonds. The summed E-state index contributed by atoms with van der Waals surface area (Å²) in [6.45, 7) is 0. The maximum absolute atomic E-state index is 5.96. The van der Waals surface area contributed by atoms with Gasteiger partial charge >= 0.3 is 0 Å². The Kier molecular flexibility index (Phi) is 3.12. The van der Waals surface area contributed by atoms with E-state index in [-0.39, 0.29) is 0 Å². The molecule has 2 aromatic rings. The molecule has 0 saturated heterocycles. The Balaban J connectivity index is 1.65. The number of allylic oxidation sites excluding steroid dienone is 3. The molecule has 2 atom stereocenters. The van der Waals surface area contributed by atoms with E-state index in [1.54, 1.807) is 0 Å². The Morgan fingerprint density at radius 1 is 1.05 bits per heavy atom. The predicted octanol–water partition coefficient (Wildman–Crippen LogP) is 4.57. The normalized spacial score (nSPS) is 22.6. The van der Waals surface area contributed by atoms with E-state index < -0.39 is 0 Å². The van der Waals surface area contributed by atoms with Crippen molar-refractivity contribution in [1.29, 1.82) is 0 Å². The van der Waals surface area contributed by atoms with Gasteiger partial charge in [0.25, 0.3) is 0 Å². The second-order valence-corrected chi connectivity index (χ2v) is 6.89. The van der Waals surface area contributed by atoms with Crippen LogP contribution in [0.15, 0.2) is 77.2 Å². The van der Waals surface area contributed by atoms with Crippen LogP contribution in [0.5, 0.6) is 0 Å². The Bertz CT molecular complexity index is 730. The fourth-order valence-corrected chi connectivity index (χ4v) is 4.43. The largest absolute Gasteiger partial charge is 0.399 e. The molecule has 0 aromatic heterocycles. The van der Waals surface area contributed by atoms with Gasteiger partial charge in [0.1, 0.15) is 0 Å². The van der Waals surface area contributed by atoms with Crippen molar-refractivity contribution in [2.75, 3.05) is 5.73 Å². The molecule has 0 saturated carbocycles. The summed E-state index contributed by atoms with van der Waals surface area (Å²) in [7, 11) is 0. The first-order chi connectivity index (χ1) is 10.3. The molecule has 21 heavy (non-hydrogen) atoms. The molecule has 4 rings (SSSR count). The minimum atomic E-state index is 0.470. The van der Waals surface area contributed by atoms with E-state index in [1.807, 2.05) is 17.8 Å². The van der Waals surface area contributed by atoms with E-state index in [0.717, 1.165) is 12.1 Å². The molecular formula is C19H17NS. The van der Waals surface area contributed by atoms with Crippen molar-refractivity contribution in [1.82, 2.24) is 0 Å². The molecular weight excluding hydrogens is 274 g/mol. The van der Waals surface area contributed by atoms with Gasteiger partial charge < -0.3 is 5.73 Å². The lowest BCUT2D eigenvalue weighted by Gasteiger charge is -2.19. The number of nitrogen functional groups attached to an aromatic ring is 1. The van der Waals surface area contributed by atoms with E-state index in [1.165, 1.54) is 21.6 Å². The van der Waals surface area contributed by atoms with Crippen LogP contribution in [0.4, 0.5) is 5.69 Å². The van der Waals surface area contributed by atoms with Crippen molar-refractivity contribution >= 4 is 17.4 Å². The summed E-state index contributed by atoms with van der Waals surface area (Å²) < 4.78 is 0. The van der Waals surface area contributed by atoms with Gasteiger partial charge in [0, 0.05) is 21.8 Å². The van der Waals surface area contributed by atoms with Crippen LogP contribution in [-0.4, -0.2) is 5.25 Å². The maximum Gasteiger partial charge on any atom is 0.0381 e. The van der Waals surface area contributed by atoms with Crippen LogP contribution in [0.25, 0.3) is 0 Å². The molecule has 0 fully saturated rings. The molecule has 0 spiro atoms. The second-order valence-electron chi connectivity index (χ2n) is 5.67. The molecule has 1 nitrogen and oxygen atoms in total. The van der Waals surface area contributed by atoms with Crippen molar-refractivity contribution in [2.45, 2.75) is 22.5 Å². The van der Waals surface area contributed by atoms with Gasteiger partial charge in [-0.3, -0.25) is 0 Å². The number of anilines is 1. The Hall–Kier alpha value is -1.93. The molecule has 1 aliphatic carbocycles. The van der Waals surface area contributed by atoms with Crippen LogP contribution in [0.1, 0.15) is 17.0 Å². The van der Waals surface area contributed by atoms with Crippen LogP contribution < -0.4 is 5.73 Å². The van der Waals surface area contributed by atoms with Gasteiger partial charge in [-0.25, -0.2) is 0 Å². The smallest absolute Gasteiger partial charge is 0.0381 e. The first-order valence-corrected chi connectivity index (χ1v) is 8.16. The topological polar surface area (TPSA) is 26.0 Å². The highest BCUT2D eigenvalue weighted by molar-refractivity contribution is 8.00. The number of hydrogen-bond acceptors (Lipinski definition) is 2. The zero-order valence-electron chi connectivity index (χ0n) is 11.7. The molecule has 2 aliphatic rings.